The molecule has 2 aliphatic rings. The molecule has 2 fully saturated rings. The molecule has 1 aliphatic heterocycles. The molecule has 0 radical (unpaired) electrons. The van der Waals surface area contributed by atoms with Crippen LogP contribution < -0.4 is 14.8 Å². The van der Waals surface area contributed by atoms with Crippen molar-refractivity contribution in [3.05, 3.63) is 23.8 Å². The van der Waals surface area contributed by atoms with Gasteiger partial charge in [-0.25, -0.2) is 0 Å². The summed E-state index contributed by atoms with van der Waals surface area (Å²) in [5, 5.41) is 3.25. The Morgan fingerprint density at radius 3 is 2.35 bits per heavy atom. The van der Waals surface area contributed by atoms with Gasteiger partial charge in [0, 0.05) is 23.4 Å². The molecule has 0 spiro atoms. The van der Waals surface area contributed by atoms with Gasteiger partial charge in [0.15, 0.2) is 0 Å². The molecule has 1 saturated heterocycles. The summed E-state index contributed by atoms with van der Waals surface area (Å²) in [5.41, 5.74) is 0.495. The van der Waals surface area contributed by atoms with Crippen LogP contribution in [0.5, 0.6) is 11.5 Å². The third-order valence-electron chi connectivity index (χ3n) is 6.23. The highest BCUT2D eigenvalue weighted by Gasteiger charge is 2.42. The second-order valence-electron chi connectivity index (χ2n) is 8.46. The average molecular weight is 449 g/mol. The van der Waals surface area contributed by atoms with E-state index in [0.29, 0.717) is 22.8 Å². The van der Waals surface area contributed by atoms with E-state index in [0.717, 1.165) is 51.4 Å². The topological polar surface area (TPSA) is 67.9 Å². The quantitative estimate of drug-likeness (QED) is 0.559. The molecule has 1 heterocycles. The molecule has 1 aliphatic carbocycles. The number of nitrogens with one attached hydrogen (secondary N) is 1. The number of hydrogen-bond acceptors (Lipinski definition) is 5. The van der Waals surface area contributed by atoms with Crippen LogP contribution in [0.4, 0.5) is 0 Å². The summed E-state index contributed by atoms with van der Waals surface area (Å²) in [4.78, 5) is 28.7. The van der Waals surface area contributed by atoms with Crippen LogP contribution in [0.15, 0.2) is 18.2 Å². The van der Waals surface area contributed by atoms with Gasteiger partial charge in [-0.3, -0.25) is 9.59 Å². The lowest BCUT2D eigenvalue weighted by molar-refractivity contribution is -0.125. The standard InChI is InChI=1S/C24H36N2O4S/c1-4-5-7-12-22-26(24(28)17-13-19(29-2)15-20(14-17)30-3)21(16-31-22)23(27)25-18-10-8-6-9-11-18/h13-15,18,21-22H,4-12,16H2,1-3H3,(H,25,27). The lowest BCUT2D eigenvalue weighted by Crippen LogP contribution is -2.52. The summed E-state index contributed by atoms with van der Waals surface area (Å²) in [7, 11) is 3.14. The van der Waals surface area contributed by atoms with Crippen LogP contribution in [0.3, 0.4) is 0 Å². The van der Waals surface area contributed by atoms with Crippen molar-refractivity contribution in [1.82, 2.24) is 10.2 Å². The zero-order chi connectivity index (χ0) is 22.2. The van der Waals surface area contributed by atoms with Gasteiger partial charge in [0.25, 0.3) is 5.91 Å². The van der Waals surface area contributed by atoms with Crippen molar-refractivity contribution in [3.8, 4) is 11.5 Å². The lowest BCUT2D eigenvalue weighted by atomic mass is 9.95. The zero-order valence-electron chi connectivity index (χ0n) is 19.0. The maximum absolute atomic E-state index is 13.7. The smallest absolute Gasteiger partial charge is 0.255 e. The van der Waals surface area contributed by atoms with Crippen LogP contribution in [-0.4, -0.2) is 54.1 Å². The largest absolute Gasteiger partial charge is 0.497 e. The number of thioether (sulfide) groups is 1. The van der Waals surface area contributed by atoms with Crippen molar-refractivity contribution in [2.24, 2.45) is 0 Å². The summed E-state index contributed by atoms with van der Waals surface area (Å²) in [6.45, 7) is 2.17. The molecule has 3 rings (SSSR count). The summed E-state index contributed by atoms with van der Waals surface area (Å²) < 4.78 is 10.7. The number of nitrogens with zero attached hydrogens (tertiary/aromatic N) is 1. The molecule has 2 unspecified atom stereocenters. The number of unbranched alkanes of at least 4 members (excludes halogenated alkanes) is 2. The van der Waals surface area contributed by atoms with Crippen molar-refractivity contribution < 1.29 is 19.1 Å². The molecule has 2 atom stereocenters. The summed E-state index contributed by atoms with van der Waals surface area (Å²) in [6, 6.07) is 5.00. The number of ether oxygens (including phenoxy) is 2. The summed E-state index contributed by atoms with van der Waals surface area (Å²) in [5.74, 6) is 1.64. The fraction of sp³-hybridized carbons (Fsp3) is 0.667. The van der Waals surface area contributed by atoms with Gasteiger partial charge in [-0.15, -0.1) is 11.8 Å². The van der Waals surface area contributed by atoms with Crippen LogP contribution in [0, 0.1) is 0 Å². The van der Waals surface area contributed by atoms with E-state index >= 15 is 0 Å². The van der Waals surface area contributed by atoms with Crippen LogP contribution in [0.25, 0.3) is 0 Å². The molecule has 1 N–H and O–H groups in total. The SMILES string of the molecule is CCCCCC1SCC(C(=O)NC2CCCCC2)N1C(=O)c1cc(OC)cc(OC)c1. The zero-order valence-corrected chi connectivity index (χ0v) is 19.8. The van der Waals surface area contributed by atoms with Gasteiger partial charge in [0.1, 0.15) is 17.5 Å². The van der Waals surface area contributed by atoms with E-state index in [1.807, 2.05) is 4.90 Å². The van der Waals surface area contributed by atoms with Crippen LogP contribution in [0.1, 0.15) is 75.1 Å². The fourth-order valence-electron chi connectivity index (χ4n) is 4.45. The average Bonchev–Trinajstić information content (AvgIpc) is 3.23. The highest BCUT2D eigenvalue weighted by molar-refractivity contribution is 8.00. The second-order valence-corrected chi connectivity index (χ2v) is 9.67. The Hall–Kier alpha value is -1.89. The maximum atomic E-state index is 13.7. The minimum absolute atomic E-state index is 0.0124. The van der Waals surface area contributed by atoms with E-state index in [2.05, 4.69) is 12.2 Å². The van der Waals surface area contributed by atoms with Gasteiger partial charge in [-0.05, 0) is 31.4 Å². The third-order valence-corrected chi connectivity index (χ3v) is 7.59. The second kappa shape index (κ2) is 11.7. The van der Waals surface area contributed by atoms with Gasteiger partial charge >= 0.3 is 0 Å². The van der Waals surface area contributed by atoms with E-state index in [1.165, 1.54) is 6.42 Å². The van der Waals surface area contributed by atoms with E-state index < -0.39 is 6.04 Å². The first-order valence-electron chi connectivity index (χ1n) is 11.5. The first-order chi connectivity index (χ1) is 15.1. The number of rotatable bonds is 9. The molecular formula is C24H36N2O4S. The Kier molecular flexibility index (Phi) is 8.93. The van der Waals surface area contributed by atoms with E-state index in [9.17, 15) is 9.59 Å². The molecule has 1 aromatic carbocycles. The first-order valence-corrected chi connectivity index (χ1v) is 12.6. The minimum Gasteiger partial charge on any atom is -0.497 e. The Morgan fingerprint density at radius 1 is 1.06 bits per heavy atom. The Labute approximate surface area is 190 Å². The normalized spacial score (nSPS) is 21.7. The summed E-state index contributed by atoms with van der Waals surface area (Å²) >= 11 is 1.72. The monoisotopic (exact) mass is 448 g/mol. The van der Waals surface area contributed by atoms with Gasteiger partial charge in [0.2, 0.25) is 5.91 Å². The third kappa shape index (κ3) is 6.09. The first kappa shape index (κ1) is 23.8. The lowest BCUT2D eigenvalue weighted by Gasteiger charge is -2.31. The molecule has 7 heteroatoms. The molecule has 1 saturated carbocycles. The van der Waals surface area contributed by atoms with E-state index in [1.54, 1.807) is 44.2 Å². The molecule has 6 nitrogen and oxygen atoms in total. The van der Waals surface area contributed by atoms with Crippen LogP contribution in [-0.2, 0) is 4.79 Å². The number of carbonyl (C=O) groups is 2. The highest BCUT2D eigenvalue weighted by atomic mass is 32.2. The molecule has 0 aromatic heterocycles. The van der Waals surface area contributed by atoms with Crippen molar-refractivity contribution in [2.45, 2.75) is 82.2 Å². The molecule has 1 aromatic rings. The van der Waals surface area contributed by atoms with E-state index in [4.69, 9.17) is 9.47 Å². The number of methoxy groups -OCH3 is 2. The number of benzene rings is 1. The minimum atomic E-state index is -0.441. The molecule has 172 valence electrons. The van der Waals surface area contributed by atoms with Gasteiger partial charge < -0.3 is 19.7 Å². The summed E-state index contributed by atoms with van der Waals surface area (Å²) in [6.07, 6.45) is 9.85. The van der Waals surface area contributed by atoms with Gasteiger partial charge in [-0.1, -0.05) is 45.4 Å². The number of amides is 2. The fourth-order valence-corrected chi connectivity index (χ4v) is 5.91. The van der Waals surface area contributed by atoms with Crippen LogP contribution in [0.2, 0.25) is 0 Å². The molecule has 0 bridgehead atoms. The van der Waals surface area contributed by atoms with Crippen molar-refractivity contribution in [3.63, 3.8) is 0 Å². The van der Waals surface area contributed by atoms with Crippen molar-refractivity contribution in [1.29, 1.82) is 0 Å². The van der Waals surface area contributed by atoms with Gasteiger partial charge in [0.05, 0.1) is 19.6 Å². The van der Waals surface area contributed by atoms with Gasteiger partial charge in [-0.2, -0.15) is 0 Å². The predicted octanol–water partition coefficient (Wildman–Crippen LogP) is 4.62. The van der Waals surface area contributed by atoms with Crippen molar-refractivity contribution in [2.75, 3.05) is 20.0 Å². The Bertz CT molecular complexity index is 729. The Morgan fingerprint density at radius 2 is 1.74 bits per heavy atom. The van der Waals surface area contributed by atoms with Crippen molar-refractivity contribution >= 4 is 23.6 Å². The highest BCUT2D eigenvalue weighted by Crippen LogP contribution is 2.35. The molecule has 2 amide bonds. The van der Waals surface area contributed by atoms with Crippen LogP contribution >= 0.6 is 11.8 Å². The Balaban J connectivity index is 1.82. The predicted molar refractivity (Wildman–Crippen MR) is 125 cm³/mol. The number of carbonyl (C=O) groups excluding carboxylic acids is 2. The molecular weight excluding hydrogens is 412 g/mol. The maximum Gasteiger partial charge on any atom is 0.255 e. The van der Waals surface area contributed by atoms with E-state index in [-0.39, 0.29) is 23.2 Å². The number of hydrogen-bond donors (Lipinski definition) is 1. The molecule has 31 heavy (non-hydrogen) atoms.